The smallest absolute Gasteiger partial charge is 0.141 e. The van der Waals surface area contributed by atoms with Crippen molar-refractivity contribution in [3.05, 3.63) is 34.6 Å². The van der Waals surface area contributed by atoms with Crippen LogP contribution >= 0.6 is 11.6 Å². The number of aliphatic hydroxyl groups excluding tert-OH is 1. The normalized spacial score (nSPS) is 26.4. The van der Waals surface area contributed by atoms with Crippen LogP contribution in [0.25, 0.3) is 0 Å². The fourth-order valence-electron chi connectivity index (χ4n) is 3.03. The van der Waals surface area contributed by atoms with E-state index in [1.54, 1.807) is 6.07 Å². The van der Waals surface area contributed by atoms with Crippen LogP contribution in [0.3, 0.4) is 0 Å². The summed E-state index contributed by atoms with van der Waals surface area (Å²) in [4.78, 5) is 0. The fourth-order valence-corrected chi connectivity index (χ4v) is 3.21. The monoisotopic (exact) mass is 286 g/mol. The van der Waals surface area contributed by atoms with Crippen LogP contribution < -0.4 is 0 Å². The second kappa shape index (κ2) is 4.72. The van der Waals surface area contributed by atoms with Gasteiger partial charge in [-0.25, -0.2) is 4.39 Å². The van der Waals surface area contributed by atoms with Crippen LogP contribution in [0.5, 0.6) is 0 Å². The SMILES string of the molecule is CC1(C)CC(C(O)c2ccc(F)c(Cl)c2)C(C)(C)O1. The van der Waals surface area contributed by atoms with E-state index in [0.717, 1.165) is 6.42 Å². The Morgan fingerprint density at radius 2 is 2.00 bits per heavy atom. The van der Waals surface area contributed by atoms with Gasteiger partial charge in [0.15, 0.2) is 0 Å². The molecule has 4 heteroatoms. The summed E-state index contributed by atoms with van der Waals surface area (Å²) < 4.78 is 19.2. The molecular formula is C15H20ClFO2. The van der Waals surface area contributed by atoms with E-state index in [0.29, 0.717) is 5.56 Å². The Balaban J connectivity index is 2.28. The van der Waals surface area contributed by atoms with Gasteiger partial charge in [0, 0.05) is 5.92 Å². The zero-order chi connectivity index (χ0) is 14.4. The van der Waals surface area contributed by atoms with E-state index in [9.17, 15) is 9.50 Å². The molecule has 0 spiro atoms. The molecule has 0 aliphatic carbocycles. The molecule has 0 bridgehead atoms. The van der Waals surface area contributed by atoms with Gasteiger partial charge in [0.2, 0.25) is 0 Å². The minimum absolute atomic E-state index is 0.0348. The van der Waals surface area contributed by atoms with Crippen LogP contribution in [0.2, 0.25) is 5.02 Å². The molecule has 2 nitrogen and oxygen atoms in total. The van der Waals surface area contributed by atoms with Crippen molar-refractivity contribution in [3.8, 4) is 0 Å². The van der Waals surface area contributed by atoms with Crippen molar-refractivity contribution in [2.45, 2.75) is 51.4 Å². The standard InChI is InChI=1S/C15H20ClFO2/c1-14(2)8-10(15(3,4)19-14)13(18)9-5-6-12(17)11(16)7-9/h5-7,10,13,18H,8H2,1-4H3. The summed E-state index contributed by atoms with van der Waals surface area (Å²) in [5, 5.41) is 10.6. The Hall–Kier alpha value is -0.640. The van der Waals surface area contributed by atoms with Gasteiger partial charge in [-0.3, -0.25) is 0 Å². The molecule has 1 aliphatic heterocycles. The lowest BCUT2D eigenvalue weighted by Crippen LogP contribution is -2.32. The van der Waals surface area contributed by atoms with E-state index in [1.807, 2.05) is 27.7 Å². The fraction of sp³-hybridized carbons (Fsp3) is 0.600. The van der Waals surface area contributed by atoms with E-state index in [2.05, 4.69) is 0 Å². The predicted molar refractivity (Wildman–Crippen MR) is 73.7 cm³/mol. The van der Waals surface area contributed by atoms with Gasteiger partial charge in [0.25, 0.3) is 0 Å². The summed E-state index contributed by atoms with van der Waals surface area (Å²) in [6.45, 7) is 7.97. The minimum atomic E-state index is -0.713. The first-order valence-corrected chi connectivity index (χ1v) is 6.83. The highest BCUT2D eigenvalue weighted by Crippen LogP contribution is 2.47. The Labute approximate surface area is 118 Å². The van der Waals surface area contributed by atoms with Gasteiger partial charge < -0.3 is 9.84 Å². The highest BCUT2D eigenvalue weighted by molar-refractivity contribution is 6.30. The summed E-state index contributed by atoms with van der Waals surface area (Å²) >= 11 is 5.77. The van der Waals surface area contributed by atoms with Crippen molar-refractivity contribution in [3.63, 3.8) is 0 Å². The Kier molecular flexibility index (Phi) is 3.67. The molecular weight excluding hydrogens is 267 g/mol. The van der Waals surface area contributed by atoms with Crippen molar-refractivity contribution in [2.24, 2.45) is 5.92 Å². The lowest BCUT2D eigenvalue weighted by atomic mass is 9.80. The highest BCUT2D eigenvalue weighted by Gasteiger charge is 2.49. The first-order chi connectivity index (χ1) is 8.62. The maximum atomic E-state index is 13.2. The molecule has 1 aromatic carbocycles. The number of benzene rings is 1. The molecule has 2 unspecified atom stereocenters. The van der Waals surface area contributed by atoms with Gasteiger partial charge in [-0.1, -0.05) is 17.7 Å². The van der Waals surface area contributed by atoms with Crippen LogP contribution in [0.4, 0.5) is 4.39 Å². The van der Waals surface area contributed by atoms with Crippen molar-refractivity contribution in [2.75, 3.05) is 0 Å². The molecule has 0 aromatic heterocycles. The zero-order valence-electron chi connectivity index (χ0n) is 11.7. The topological polar surface area (TPSA) is 29.5 Å². The average molecular weight is 287 g/mol. The summed E-state index contributed by atoms with van der Waals surface area (Å²) in [5.41, 5.74) is -0.0614. The second-order valence-electron chi connectivity index (χ2n) is 6.39. The van der Waals surface area contributed by atoms with E-state index in [4.69, 9.17) is 16.3 Å². The Morgan fingerprint density at radius 1 is 1.37 bits per heavy atom. The summed E-state index contributed by atoms with van der Waals surface area (Å²) in [6.07, 6.45) is 0.0331. The molecule has 1 aliphatic rings. The van der Waals surface area contributed by atoms with E-state index in [-0.39, 0.29) is 16.5 Å². The van der Waals surface area contributed by atoms with Crippen molar-refractivity contribution < 1.29 is 14.2 Å². The summed E-state index contributed by atoms with van der Waals surface area (Å²) in [6, 6.07) is 4.35. The number of rotatable bonds is 2. The Morgan fingerprint density at radius 3 is 2.47 bits per heavy atom. The lowest BCUT2D eigenvalue weighted by molar-refractivity contribution is -0.0880. The molecule has 2 atom stereocenters. The zero-order valence-corrected chi connectivity index (χ0v) is 12.5. The minimum Gasteiger partial charge on any atom is -0.388 e. The second-order valence-corrected chi connectivity index (χ2v) is 6.80. The molecule has 19 heavy (non-hydrogen) atoms. The average Bonchev–Trinajstić information content (AvgIpc) is 2.49. The summed E-state index contributed by atoms with van der Waals surface area (Å²) in [5.74, 6) is -0.524. The van der Waals surface area contributed by atoms with Gasteiger partial charge in [-0.05, 0) is 51.8 Å². The molecule has 1 fully saturated rings. The molecule has 2 rings (SSSR count). The van der Waals surface area contributed by atoms with Crippen molar-refractivity contribution >= 4 is 11.6 Å². The van der Waals surface area contributed by atoms with E-state index >= 15 is 0 Å². The molecule has 1 heterocycles. The summed E-state index contributed by atoms with van der Waals surface area (Å²) in [7, 11) is 0. The van der Waals surface area contributed by atoms with Gasteiger partial charge in [-0.2, -0.15) is 0 Å². The van der Waals surface area contributed by atoms with Crippen molar-refractivity contribution in [1.82, 2.24) is 0 Å². The van der Waals surface area contributed by atoms with Gasteiger partial charge in [0.1, 0.15) is 5.82 Å². The van der Waals surface area contributed by atoms with Crippen LogP contribution in [-0.4, -0.2) is 16.3 Å². The maximum absolute atomic E-state index is 13.2. The molecule has 1 saturated heterocycles. The third kappa shape index (κ3) is 2.93. The number of hydrogen-bond donors (Lipinski definition) is 1. The molecule has 1 aromatic rings. The maximum Gasteiger partial charge on any atom is 0.141 e. The molecule has 1 N–H and O–H groups in total. The highest BCUT2D eigenvalue weighted by atomic mass is 35.5. The van der Waals surface area contributed by atoms with Crippen LogP contribution in [0, 0.1) is 11.7 Å². The Bertz CT molecular complexity index is 485. The molecule has 0 amide bonds. The first kappa shape index (κ1) is 14.8. The van der Waals surface area contributed by atoms with Crippen LogP contribution in [0.1, 0.15) is 45.8 Å². The number of hydrogen-bond acceptors (Lipinski definition) is 2. The van der Waals surface area contributed by atoms with Crippen LogP contribution in [-0.2, 0) is 4.74 Å². The number of halogens is 2. The third-order valence-electron chi connectivity index (χ3n) is 3.81. The lowest BCUT2D eigenvalue weighted by Gasteiger charge is -2.30. The van der Waals surface area contributed by atoms with E-state index < -0.39 is 17.5 Å². The van der Waals surface area contributed by atoms with Gasteiger partial charge in [-0.15, -0.1) is 0 Å². The van der Waals surface area contributed by atoms with Crippen molar-refractivity contribution in [1.29, 1.82) is 0 Å². The third-order valence-corrected chi connectivity index (χ3v) is 4.10. The van der Waals surface area contributed by atoms with E-state index in [1.165, 1.54) is 12.1 Å². The van der Waals surface area contributed by atoms with Gasteiger partial charge >= 0.3 is 0 Å². The number of ether oxygens (including phenoxy) is 1. The van der Waals surface area contributed by atoms with Crippen LogP contribution in [0.15, 0.2) is 18.2 Å². The number of aliphatic hydroxyl groups is 1. The predicted octanol–water partition coefficient (Wildman–Crippen LogP) is 4.11. The van der Waals surface area contributed by atoms with Gasteiger partial charge in [0.05, 0.1) is 22.3 Å². The quantitative estimate of drug-likeness (QED) is 0.887. The largest absolute Gasteiger partial charge is 0.388 e. The molecule has 106 valence electrons. The first-order valence-electron chi connectivity index (χ1n) is 6.45. The molecule has 0 saturated carbocycles. The molecule has 0 radical (unpaired) electrons.